The molecular weight excluding hydrogens is 235 g/mol. The first-order valence-corrected chi connectivity index (χ1v) is 5.72. The van der Waals surface area contributed by atoms with E-state index in [1.165, 1.54) is 0 Å². The summed E-state index contributed by atoms with van der Waals surface area (Å²) in [7, 11) is 0. The number of hydrogen-bond donors (Lipinski definition) is 1. The molecule has 0 heterocycles. The summed E-state index contributed by atoms with van der Waals surface area (Å²) in [5.41, 5.74) is 0. The fourth-order valence-corrected chi connectivity index (χ4v) is 2.06. The second kappa shape index (κ2) is 4.60. The predicted molar refractivity (Wildman–Crippen MR) is 60.7 cm³/mol. The average Bonchev–Trinajstić information content (AvgIpc) is 2.59. The van der Waals surface area contributed by atoms with Gasteiger partial charge in [-0.15, -0.1) is 0 Å². The van der Waals surface area contributed by atoms with E-state index in [1.54, 1.807) is 18.2 Å². The van der Waals surface area contributed by atoms with Crippen LogP contribution in [0.3, 0.4) is 0 Å². The lowest BCUT2D eigenvalue weighted by Gasteiger charge is -2.17. The number of hydrogen-bond acceptors (Lipinski definition) is 2. The Morgan fingerprint density at radius 1 is 1.20 bits per heavy atom. The van der Waals surface area contributed by atoms with Crippen LogP contribution in [-0.2, 0) is 0 Å². The van der Waals surface area contributed by atoms with Crippen LogP contribution in [0.2, 0.25) is 10.0 Å². The lowest BCUT2D eigenvalue weighted by Crippen LogP contribution is -2.25. The van der Waals surface area contributed by atoms with E-state index >= 15 is 0 Å². The van der Waals surface area contributed by atoms with Crippen molar-refractivity contribution in [1.29, 1.82) is 0 Å². The zero-order valence-electron chi connectivity index (χ0n) is 8.12. The Morgan fingerprint density at radius 3 is 2.60 bits per heavy atom. The van der Waals surface area contributed by atoms with E-state index in [1.807, 2.05) is 0 Å². The Kier molecular flexibility index (Phi) is 3.39. The molecule has 0 radical (unpaired) electrons. The summed E-state index contributed by atoms with van der Waals surface area (Å²) >= 11 is 11.7. The van der Waals surface area contributed by atoms with Gasteiger partial charge in [0.1, 0.15) is 11.9 Å². The molecule has 0 saturated heterocycles. The third-order valence-corrected chi connectivity index (χ3v) is 3.34. The fourth-order valence-electron chi connectivity index (χ4n) is 1.77. The molecule has 1 aromatic carbocycles. The van der Waals surface area contributed by atoms with Gasteiger partial charge in [-0.2, -0.15) is 0 Å². The van der Waals surface area contributed by atoms with Crippen LogP contribution in [0, 0.1) is 0 Å². The minimum Gasteiger partial charge on any atom is -0.488 e. The van der Waals surface area contributed by atoms with E-state index in [-0.39, 0.29) is 12.2 Å². The van der Waals surface area contributed by atoms with Crippen LogP contribution in [0.5, 0.6) is 5.75 Å². The zero-order valence-corrected chi connectivity index (χ0v) is 9.63. The van der Waals surface area contributed by atoms with E-state index in [4.69, 9.17) is 27.9 Å². The molecule has 1 aliphatic carbocycles. The van der Waals surface area contributed by atoms with Gasteiger partial charge in [0.05, 0.1) is 16.1 Å². The number of benzene rings is 1. The van der Waals surface area contributed by atoms with Crippen molar-refractivity contribution in [2.75, 3.05) is 0 Å². The highest BCUT2D eigenvalue weighted by Gasteiger charge is 2.26. The van der Waals surface area contributed by atoms with Gasteiger partial charge in [-0.1, -0.05) is 23.2 Å². The number of rotatable bonds is 2. The van der Waals surface area contributed by atoms with E-state index in [9.17, 15) is 5.11 Å². The van der Waals surface area contributed by atoms with Gasteiger partial charge in [0, 0.05) is 6.07 Å². The highest BCUT2D eigenvalue weighted by molar-refractivity contribution is 6.42. The molecule has 2 nitrogen and oxygen atoms in total. The molecule has 1 fully saturated rings. The van der Waals surface area contributed by atoms with Crippen molar-refractivity contribution >= 4 is 23.2 Å². The van der Waals surface area contributed by atoms with Crippen LogP contribution < -0.4 is 4.74 Å². The van der Waals surface area contributed by atoms with Crippen LogP contribution in [0.25, 0.3) is 0 Å². The van der Waals surface area contributed by atoms with Gasteiger partial charge in [-0.25, -0.2) is 0 Å². The topological polar surface area (TPSA) is 29.5 Å². The molecule has 4 heteroatoms. The molecule has 82 valence electrons. The Balaban J connectivity index is 2.07. The molecule has 1 aromatic rings. The summed E-state index contributed by atoms with van der Waals surface area (Å²) in [6, 6.07) is 5.13. The number of aliphatic hydroxyl groups excluding tert-OH is 1. The smallest absolute Gasteiger partial charge is 0.124 e. The molecule has 0 unspecified atom stereocenters. The van der Waals surface area contributed by atoms with E-state index < -0.39 is 0 Å². The first kappa shape index (κ1) is 11.1. The monoisotopic (exact) mass is 246 g/mol. The van der Waals surface area contributed by atoms with Crippen molar-refractivity contribution in [2.24, 2.45) is 0 Å². The Hall–Kier alpha value is -0.440. The van der Waals surface area contributed by atoms with Gasteiger partial charge in [0.25, 0.3) is 0 Å². The van der Waals surface area contributed by atoms with Crippen molar-refractivity contribution in [3.8, 4) is 5.75 Å². The Bertz CT molecular complexity index is 354. The highest BCUT2D eigenvalue weighted by atomic mass is 35.5. The largest absolute Gasteiger partial charge is 0.488 e. The lowest BCUT2D eigenvalue weighted by atomic mass is 10.2. The minimum atomic E-state index is -0.362. The van der Waals surface area contributed by atoms with Crippen LogP contribution in [0.4, 0.5) is 0 Å². The second-order valence-electron chi connectivity index (χ2n) is 3.73. The van der Waals surface area contributed by atoms with Gasteiger partial charge in [-0.3, -0.25) is 0 Å². The molecule has 2 atom stereocenters. The molecule has 0 spiro atoms. The third-order valence-electron chi connectivity index (χ3n) is 2.60. The summed E-state index contributed by atoms with van der Waals surface area (Å²) in [4.78, 5) is 0. The first-order chi connectivity index (χ1) is 7.16. The fraction of sp³-hybridized carbons (Fsp3) is 0.455. The third kappa shape index (κ3) is 2.57. The summed E-state index contributed by atoms with van der Waals surface area (Å²) in [5.74, 6) is 0.662. The van der Waals surface area contributed by atoms with Crippen molar-refractivity contribution in [3.63, 3.8) is 0 Å². The number of halogens is 2. The molecule has 2 rings (SSSR count). The molecule has 0 amide bonds. The standard InChI is InChI=1S/C11H12Cl2O2/c12-8-5-4-7(6-9(8)13)15-11-3-1-2-10(11)14/h4-6,10-11,14H,1-3H2/t10-,11-/m0/s1. The first-order valence-electron chi connectivity index (χ1n) is 4.96. The van der Waals surface area contributed by atoms with Gasteiger partial charge in [-0.05, 0) is 31.4 Å². The van der Waals surface area contributed by atoms with Gasteiger partial charge in [0.2, 0.25) is 0 Å². The number of ether oxygens (including phenoxy) is 1. The second-order valence-corrected chi connectivity index (χ2v) is 4.54. The molecule has 0 aliphatic heterocycles. The van der Waals surface area contributed by atoms with Gasteiger partial charge >= 0.3 is 0 Å². The maximum atomic E-state index is 9.59. The van der Waals surface area contributed by atoms with Crippen LogP contribution in [-0.4, -0.2) is 17.3 Å². The van der Waals surface area contributed by atoms with Crippen molar-refractivity contribution in [1.82, 2.24) is 0 Å². The van der Waals surface area contributed by atoms with Gasteiger partial charge in [0.15, 0.2) is 0 Å². The summed E-state index contributed by atoms with van der Waals surface area (Å²) in [6.07, 6.45) is 2.24. The Morgan fingerprint density at radius 2 is 2.00 bits per heavy atom. The molecule has 15 heavy (non-hydrogen) atoms. The average molecular weight is 247 g/mol. The van der Waals surface area contributed by atoms with E-state index in [0.29, 0.717) is 15.8 Å². The van der Waals surface area contributed by atoms with Crippen molar-refractivity contribution in [2.45, 2.75) is 31.5 Å². The normalized spacial score (nSPS) is 25.5. The predicted octanol–water partition coefficient (Wildman–Crippen LogP) is 3.29. The quantitative estimate of drug-likeness (QED) is 0.868. The van der Waals surface area contributed by atoms with E-state index in [0.717, 1.165) is 19.3 Å². The maximum Gasteiger partial charge on any atom is 0.124 e. The molecular formula is C11H12Cl2O2. The van der Waals surface area contributed by atoms with Crippen molar-refractivity contribution in [3.05, 3.63) is 28.2 Å². The zero-order chi connectivity index (χ0) is 10.8. The van der Waals surface area contributed by atoms with Crippen LogP contribution >= 0.6 is 23.2 Å². The molecule has 0 aromatic heterocycles. The maximum absolute atomic E-state index is 9.59. The van der Waals surface area contributed by atoms with Gasteiger partial charge < -0.3 is 9.84 Å². The van der Waals surface area contributed by atoms with Crippen molar-refractivity contribution < 1.29 is 9.84 Å². The molecule has 1 N–H and O–H groups in total. The molecule has 0 bridgehead atoms. The summed E-state index contributed by atoms with van der Waals surface area (Å²) < 4.78 is 5.63. The molecule has 1 saturated carbocycles. The summed E-state index contributed by atoms with van der Waals surface area (Å²) in [5, 5.41) is 10.6. The minimum absolute atomic E-state index is 0.109. The van der Waals surface area contributed by atoms with E-state index in [2.05, 4.69) is 0 Å². The highest BCUT2D eigenvalue weighted by Crippen LogP contribution is 2.29. The van der Waals surface area contributed by atoms with Crippen LogP contribution in [0.15, 0.2) is 18.2 Å². The number of aliphatic hydroxyl groups is 1. The molecule has 1 aliphatic rings. The Labute approximate surface area is 98.8 Å². The lowest BCUT2D eigenvalue weighted by molar-refractivity contribution is 0.0604. The van der Waals surface area contributed by atoms with Crippen LogP contribution in [0.1, 0.15) is 19.3 Å². The SMILES string of the molecule is O[C@H]1CCC[C@@H]1Oc1ccc(Cl)c(Cl)c1. The summed E-state index contributed by atoms with van der Waals surface area (Å²) in [6.45, 7) is 0.